The molecule has 0 amide bonds. The zero-order valence-corrected chi connectivity index (χ0v) is 59.1. The van der Waals surface area contributed by atoms with E-state index >= 15 is 0 Å². The molecule has 0 saturated heterocycles. The quantitative estimate of drug-likeness (QED) is 0.135. The van der Waals surface area contributed by atoms with Gasteiger partial charge in [0.05, 0.1) is 0 Å². The average Bonchev–Trinajstić information content (AvgIpc) is 1.26. The van der Waals surface area contributed by atoms with Crippen molar-refractivity contribution < 1.29 is 4.42 Å². The molecule has 0 radical (unpaired) electrons. The van der Waals surface area contributed by atoms with E-state index in [1.54, 1.807) is 0 Å². The number of fused-ring (bicyclic) bond motifs is 9. The Labute approximate surface area is 602 Å². The summed E-state index contributed by atoms with van der Waals surface area (Å²) in [6.45, 7) is 19.1. The molecule has 2 aliphatic carbocycles. The van der Waals surface area contributed by atoms with Gasteiger partial charge in [-0.1, -0.05) is 334 Å². The normalized spacial score (nSPS) is 14.1. The molecule has 0 fully saturated rings. The van der Waals surface area contributed by atoms with Crippen molar-refractivity contribution in [3.05, 3.63) is 338 Å². The minimum absolute atomic E-state index is 0.0998. The number of hydrogen-bond donors (Lipinski definition) is 0. The molecule has 0 bridgehead atoms. The number of rotatable bonds is 10. The Morgan fingerprint density at radius 2 is 0.573 bits per heavy atom. The van der Waals surface area contributed by atoms with E-state index in [0.29, 0.717) is 34.9 Å². The first-order valence-electron chi connectivity index (χ1n) is 35.6. The molecule has 0 saturated carbocycles. The molecule has 0 N–H and O–H groups in total. The first-order chi connectivity index (χ1) is 50.1. The van der Waals surface area contributed by atoms with Crippen LogP contribution >= 0.6 is 0 Å². The monoisotopic (exact) mass is 1330 g/mol. The molecular weight excluding hydrogens is 1250 g/mol. The van der Waals surface area contributed by atoms with Crippen LogP contribution in [0.1, 0.15) is 77.6 Å². The minimum Gasteiger partial charge on any atom is -0.456 e. The highest BCUT2D eigenvalue weighted by Gasteiger charge is 2.48. The van der Waals surface area contributed by atoms with Crippen molar-refractivity contribution in [1.82, 2.24) is 29.9 Å². The molecule has 7 nitrogen and oxygen atoms in total. The van der Waals surface area contributed by atoms with Crippen LogP contribution in [-0.2, 0) is 21.7 Å². The Morgan fingerprint density at radius 1 is 0.204 bits per heavy atom. The lowest BCUT2D eigenvalue weighted by Crippen LogP contribution is -2.44. The fraction of sp³-hybridized carbons (Fsp3) is 0.125. The van der Waals surface area contributed by atoms with Gasteiger partial charge in [0.1, 0.15) is 11.2 Å². The topological polar surface area (TPSA) is 90.5 Å². The standard InChI is InChI=1S/C51H41N3.C45H35N3O/c1-50(2)45-31-30-38(33-44(45)43-29-17-28-42(46(43)51(50,3)4)34-18-8-5-9-19-34)41-27-15-14-26-40(41)37-24-16-25-39(32-37)49-53-47(35-20-10-6-11-21-35)52-48(54-49)36-22-12-7-13-23-36;1-44(2)36-26-30(28-14-7-5-8-15-28)22-24-32(36)33-25-23-31(27-37(33)45(44,3)4)42-46-41(29-16-9-6-10-17-29)47-43(48-42)35-19-13-21-39-40(35)34-18-11-12-20-38(34)49-39/h5-33H,1-4H3;5-27H,1-4H3. The number of hydrogen-bond acceptors (Lipinski definition) is 7. The summed E-state index contributed by atoms with van der Waals surface area (Å²) in [6.07, 6.45) is 0. The van der Waals surface area contributed by atoms with Gasteiger partial charge < -0.3 is 4.42 Å². The van der Waals surface area contributed by atoms with Crippen LogP contribution in [0.3, 0.4) is 0 Å². The maximum atomic E-state index is 6.24. The predicted octanol–water partition coefficient (Wildman–Crippen LogP) is 24.8. The first-order valence-corrected chi connectivity index (χ1v) is 35.6. The van der Waals surface area contributed by atoms with E-state index in [4.69, 9.17) is 34.3 Å². The van der Waals surface area contributed by atoms with E-state index in [1.807, 2.05) is 109 Å². The Hall–Kier alpha value is -12.3. The van der Waals surface area contributed by atoms with Crippen LogP contribution in [0.25, 0.3) is 157 Å². The summed E-state index contributed by atoms with van der Waals surface area (Å²) >= 11 is 0. The highest BCUT2D eigenvalue weighted by Crippen LogP contribution is 2.58. The van der Waals surface area contributed by atoms with E-state index in [9.17, 15) is 0 Å². The molecule has 0 atom stereocenters. The van der Waals surface area contributed by atoms with Gasteiger partial charge in [-0.2, -0.15) is 0 Å². The van der Waals surface area contributed by atoms with Crippen LogP contribution < -0.4 is 0 Å². The number of aromatic nitrogens is 6. The molecule has 496 valence electrons. The Morgan fingerprint density at radius 3 is 1.15 bits per heavy atom. The van der Waals surface area contributed by atoms with Crippen LogP contribution in [0.5, 0.6) is 0 Å². The third kappa shape index (κ3) is 11.1. The van der Waals surface area contributed by atoms with Gasteiger partial charge >= 0.3 is 0 Å². The number of furan rings is 1. The van der Waals surface area contributed by atoms with E-state index in [1.165, 1.54) is 77.9 Å². The summed E-state index contributed by atoms with van der Waals surface area (Å²) in [5.74, 6) is 3.86. The molecule has 0 aliphatic heterocycles. The van der Waals surface area contributed by atoms with Crippen molar-refractivity contribution in [1.29, 1.82) is 0 Å². The lowest BCUT2D eigenvalue weighted by molar-refractivity contribution is 0.299. The van der Waals surface area contributed by atoms with Gasteiger partial charge in [0.25, 0.3) is 0 Å². The number of benzene rings is 13. The molecule has 3 aromatic heterocycles. The van der Waals surface area contributed by atoms with Crippen LogP contribution in [-0.4, -0.2) is 29.9 Å². The molecule has 0 spiro atoms. The molecule has 103 heavy (non-hydrogen) atoms. The summed E-state index contributed by atoms with van der Waals surface area (Å²) in [5.41, 5.74) is 27.1. The van der Waals surface area contributed by atoms with Crippen LogP contribution in [0.4, 0.5) is 0 Å². The molecule has 7 heteroatoms. The number of nitrogens with zero attached hydrogens (tertiary/aromatic N) is 6. The lowest BCUT2D eigenvalue weighted by Gasteiger charge is -2.49. The highest BCUT2D eigenvalue weighted by atomic mass is 16.3. The van der Waals surface area contributed by atoms with Crippen molar-refractivity contribution in [2.24, 2.45) is 0 Å². The van der Waals surface area contributed by atoms with Crippen molar-refractivity contribution in [2.75, 3.05) is 0 Å². The molecule has 2 aliphatic rings. The summed E-state index contributed by atoms with van der Waals surface area (Å²) in [4.78, 5) is 30.3. The zero-order chi connectivity index (χ0) is 70.2. The van der Waals surface area contributed by atoms with E-state index in [0.717, 1.165) is 66.4 Å². The molecule has 3 heterocycles. The van der Waals surface area contributed by atoms with Crippen molar-refractivity contribution in [3.63, 3.8) is 0 Å². The van der Waals surface area contributed by atoms with E-state index in [2.05, 4.69) is 262 Å². The Bertz CT molecular complexity index is 5860. The highest BCUT2D eigenvalue weighted by molar-refractivity contribution is 6.12. The second-order valence-corrected chi connectivity index (χ2v) is 29.4. The molecule has 13 aromatic carbocycles. The average molecular weight is 1330 g/mol. The largest absolute Gasteiger partial charge is 0.456 e. The zero-order valence-electron chi connectivity index (χ0n) is 59.1. The van der Waals surface area contributed by atoms with Gasteiger partial charge in [-0.25, -0.2) is 29.9 Å². The summed E-state index contributed by atoms with van der Waals surface area (Å²) in [6, 6.07) is 111. The fourth-order valence-corrected chi connectivity index (χ4v) is 15.7. The van der Waals surface area contributed by atoms with Gasteiger partial charge in [0, 0.05) is 49.6 Å². The van der Waals surface area contributed by atoms with Gasteiger partial charge in [0.2, 0.25) is 0 Å². The minimum atomic E-state index is -0.180. The lowest BCUT2D eigenvalue weighted by atomic mass is 9.54. The summed E-state index contributed by atoms with van der Waals surface area (Å²) < 4.78 is 6.24. The third-order valence-corrected chi connectivity index (χ3v) is 22.6. The van der Waals surface area contributed by atoms with Crippen LogP contribution in [0.2, 0.25) is 0 Å². The van der Waals surface area contributed by atoms with Gasteiger partial charge in [-0.3, -0.25) is 0 Å². The SMILES string of the molecule is CC1(C)c2cc(-c3ccccc3)ccc2-c2ccc(-c3nc(-c4ccccc4)nc(-c4cccc5oc6ccccc6c45)n3)cc2C1(C)C.CC1(C)c2ccc(-c3ccccc3-c3cccc(-c4nc(-c5ccccc5)nc(-c5ccccc5)n4)c3)cc2-c2cccc(-c3ccccc3)c2C1(C)C. The van der Waals surface area contributed by atoms with Crippen molar-refractivity contribution in [3.8, 4) is 135 Å². The van der Waals surface area contributed by atoms with Crippen molar-refractivity contribution in [2.45, 2.75) is 77.0 Å². The third-order valence-electron chi connectivity index (χ3n) is 22.6. The Kier molecular flexibility index (Phi) is 15.8. The second-order valence-electron chi connectivity index (χ2n) is 29.4. The summed E-state index contributed by atoms with van der Waals surface area (Å²) in [5, 5.41) is 2.05. The smallest absolute Gasteiger partial charge is 0.164 e. The molecular formula is C96H76N6O. The van der Waals surface area contributed by atoms with Gasteiger partial charge in [-0.05, 0) is 142 Å². The van der Waals surface area contributed by atoms with E-state index < -0.39 is 0 Å². The molecule has 16 aromatic rings. The maximum absolute atomic E-state index is 6.24. The van der Waals surface area contributed by atoms with Crippen LogP contribution in [0, 0.1) is 0 Å². The fourth-order valence-electron chi connectivity index (χ4n) is 15.7. The maximum Gasteiger partial charge on any atom is 0.164 e. The van der Waals surface area contributed by atoms with Gasteiger partial charge in [0.15, 0.2) is 34.9 Å². The molecule has 18 rings (SSSR count). The first kappa shape index (κ1) is 64.1. The summed E-state index contributed by atoms with van der Waals surface area (Å²) in [7, 11) is 0. The predicted molar refractivity (Wildman–Crippen MR) is 424 cm³/mol. The second kappa shape index (κ2) is 25.4. The molecule has 0 unspecified atom stereocenters. The van der Waals surface area contributed by atoms with Crippen molar-refractivity contribution >= 4 is 21.9 Å². The number of para-hydroxylation sites is 1. The Balaban J connectivity index is 0.000000153. The van der Waals surface area contributed by atoms with Gasteiger partial charge in [-0.15, -0.1) is 0 Å². The van der Waals surface area contributed by atoms with Crippen LogP contribution in [0.15, 0.2) is 320 Å². The van der Waals surface area contributed by atoms with E-state index in [-0.39, 0.29) is 21.7 Å².